The Morgan fingerprint density at radius 3 is 1.76 bits per heavy atom. The number of nitrogens with one attached hydrogen (secondary N) is 3. The first-order valence-electron chi connectivity index (χ1n) is 9.54. The van der Waals surface area contributed by atoms with Crippen LogP contribution >= 0.6 is 0 Å². The molecule has 7 heteroatoms. The van der Waals surface area contributed by atoms with E-state index in [1.807, 2.05) is 39.0 Å². The van der Waals surface area contributed by atoms with E-state index in [4.69, 9.17) is 0 Å². The number of carbonyl (C=O) groups excluding carboxylic acids is 3. The number of likely N-dealkylation sites (N-methyl/N-ethyl adjacent to an activating group) is 1. The van der Waals surface area contributed by atoms with Crippen LogP contribution in [-0.2, 0) is 14.4 Å². The number of rotatable bonds is 8. The van der Waals surface area contributed by atoms with Crippen LogP contribution in [0.25, 0.3) is 0 Å². The van der Waals surface area contributed by atoms with Crippen LogP contribution in [-0.4, -0.2) is 42.3 Å². The molecule has 0 aliphatic heterocycles. The minimum atomic E-state index is -0.209. The summed E-state index contributed by atoms with van der Waals surface area (Å²) in [6.45, 7) is 8.03. The maximum atomic E-state index is 12.4. The summed E-state index contributed by atoms with van der Waals surface area (Å²) in [6, 6.07) is 12.7. The smallest absolute Gasteiger partial charge is 0.238 e. The van der Waals surface area contributed by atoms with E-state index in [-0.39, 0.29) is 30.8 Å². The van der Waals surface area contributed by atoms with Gasteiger partial charge < -0.3 is 16.0 Å². The van der Waals surface area contributed by atoms with Crippen LogP contribution in [0.4, 0.5) is 17.1 Å². The van der Waals surface area contributed by atoms with Crippen LogP contribution in [0, 0.1) is 13.8 Å². The molecule has 3 amide bonds. The standard InChI is InChI=1S/C22H28N4O3/c1-5-26(14-21(29)25-22-15(2)7-6-8-16(22)3)13-20(28)24-19-11-9-18(10-12-19)23-17(4)27/h6-12H,5,13-14H2,1-4H3,(H,23,27)(H,24,28)(H,25,29). The van der Waals surface area contributed by atoms with Gasteiger partial charge in [-0.1, -0.05) is 25.1 Å². The summed E-state index contributed by atoms with van der Waals surface area (Å²) in [7, 11) is 0. The normalized spacial score (nSPS) is 10.5. The van der Waals surface area contributed by atoms with E-state index in [0.717, 1.165) is 16.8 Å². The van der Waals surface area contributed by atoms with E-state index < -0.39 is 0 Å². The lowest BCUT2D eigenvalue weighted by Gasteiger charge is -2.20. The number of hydrogen-bond acceptors (Lipinski definition) is 4. The summed E-state index contributed by atoms with van der Waals surface area (Å²) in [5.41, 5.74) is 4.11. The molecule has 0 aromatic heterocycles. The maximum Gasteiger partial charge on any atom is 0.238 e. The van der Waals surface area contributed by atoms with Gasteiger partial charge >= 0.3 is 0 Å². The molecular formula is C22H28N4O3. The highest BCUT2D eigenvalue weighted by Crippen LogP contribution is 2.19. The fourth-order valence-electron chi connectivity index (χ4n) is 2.92. The SMILES string of the molecule is CCN(CC(=O)Nc1ccc(NC(C)=O)cc1)CC(=O)Nc1c(C)cccc1C. The predicted octanol–water partition coefficient (Wildman–Crippen LogP) is 3.16. The third-order valence-electron chi connectivity index (χ3n) is 4.42. The van der Waals surface area contributed by atoms with E-state index in [1.165, 1.54) is 6.92 Å². The Morgan fingerprint density at radius 2 is 1.28 bits per heavy atom. The third-order valence-corrected chi connectivity index (χ3v) is 4.42. The minimum Gasteiger partial charge on any atom is -0.326 e. The first-order chi connectivity index (χ1) is 13.8. The molecule has 0 radical (unpaired) electrons. The lowest BCUT2D eigenvalue weighted by atomic mass is 10.1. The Labute approximate surface area is 171 Å². The van der Waals surface area contributed by atoms with Crippen LogP contribution in [0.2, 0.25) is 0 Å². The average Bonchev–Trinajstić information content (AvgIpc) is 2.65. The molecule has 0 aliphatic carbocycles. The van der Waals surface area contributed by atoms with Crippen LogP contribution in [0.15, 0.2) is 42.5 Å². The molecule has 0 saturated heterocycles. The molecule has 3 N–H and O–H groups in total. The Kier molecular flexibility index (Phi) is 7.91. The van der Waals surface area contributed by atoms with E-state index in [9.17, 15) is 14.4 Å². The zero-order valence-electron chi connectivity index (χ0n) is 17.3. The number of nitrogens with zero attached hydrogens (tertiary/aromatic N) is 1. The molecular weight excluding hydrogens is 368 g/mol. The van der Waals surface area contributed by atoms with Gasteiger partial charge in [-0.2, -0.15) is 0 Å². The van der Waals surface area contributed by atoms with Crippen molar-refractivity contribution in [1.82, 2.24) is 4.90 Å². The highest BCUT2D eigenvalue weighted by Gasteiger charge is 2.15. The number of benzene rings is 2. The number of amides is 3. The fourth-order valence-corrected chi connectivity index (χ4v) is 2.92. The van der Waals surface area contributed by atoms with Crippen molar-refractivity contribution in [2.24, 2.45) is 0 Å². The quantitative estimate of drug-likeness (QED) is 0.639. The summed E-state index contributed by atoms with van der Waals surface area (Å²) >= 11 is 0. The van der Waals surface area contributed by atoms with Crippen molar-refractivity contribution in [3.05, 3.63) is 53.6 Å². The van der Waals surface area contributed by atoms with Gasteiger partial charge in [0.05, 0.1) is 13.1 Å². The van der Waals surface area contributed by atoms with Crippen LogP contribution < -0.4 is 16.0 Å². The Balaban J connectivity index is 1.89. The van der Waals surface area contributed by atoms with E-state index in [1.54, 1.807) is 29.2 Å². The molecule has 7 nitrogen and oxygen atoms in total. The lowest BCUT2D eigenvalue weighted by Crippen LogP contribution is -2.38. The number of hydrogen-bond donors (Lipinski definition) is 3. The van der Waals surface area contributed by atoms with Gasteiger partial charge in [-0.15, -0.1) is 0 Å². The van der Waals surface area contributed by atoms with Crippen molar-refractivity contribution in [2.75, 3.05) is 35.6 Å². The summed E-state index contributed by atoms with van der Waals surface area (Å²) < 4.78 is 0. The van der Waals surface area contributed by atoms with Gasteiger partial charge in [0.2, 0.25) is 17.7 Å². The van der Waals surface area contributed by atoms with Gasteiger partial charge in [0, 0.05) is 24.0 Å². The molecule has 2 rings (SSSR count). The van der Waals surface area contributed by atoms with Crippen molar-refractivity contribution < 1.29 is 14.4 Å². The molecule has 29 heavy (non-hydrogen) atoms. The zero-order valence-corrected chi connectivity index (χ0v) is 17.3. The summed E-state index contributed by atoms with van der Waals surface area (Å²) in [6.07, 6.45) is 0. The first kappa shape index (κ1) is 22.1. The molecule has 0 aliphatic rings. The molecule has 154 valence electrons. The van der Waals surface area contributed by atoms with Gasteiger partial charge in [-0.3, -0.25) is 19.3 Å². The van der Waals surface area contributed by atoms with Crippen molar-refractivity contribution >= 4 is 34.8 Å². The Morgan fingerprint density at radius 1 is 0.793 bits per heavy atom. The van der Waals surface area contributed by atoms with Crippen molar-refractivity contribution in [3.8, 4) is 0 Å². The average molecular weight is 396 g/mol. The van der Waals surface area contributed by atoms with E-state index in [2.05, 4.69) is 16.0 Å². The van der Waals surface area contributed by atoms with E-state index in [0.29, 0.717) is 17.9 Å². The second kappa shape index (κ2) is 10.4. The van der Waals surface area contributed by atoms with Crippen LogP contribution in [0.1, 0.15) is 25.0 Å². The van der Waals surface area contributed by atoms with Gasteiger partial charge in [0.15, 0.2) is 0 Å². The summed E-state index contributed by atoms with van der Waals surface area (Å²) in [5.74, 6) is -0.518. The molecule has 2 aromatic rings. The second-order valence-corrected chi connectivity index (χ2v) is 6.92. The number of anilines is 3. The number of para-hydroxylation sites is 1. The second-order valence-electron chi connectivity index (χ2n) is 6.92. The first-order valence-corrected chi connectivity index (χ1v) is 9.54. The molecule has 0 bridgehead atoms. The molecule has 0 saturated carbocycles. The highest BCUT2D eigenvalue weighted by molar-refractivity contribution is 5.96. The van der Waals surface area contributed by atoms with Crippen LogP contribution in [0.3, 0.4) is 0 Å². The molecule has 0 atom stereocenters. The minimum absolute atomic E-state index is 0.101. The molecule has 0 unspecified atom stereocenters. The largest absolute Gasteiger partial charge is 0.326 e. The van der Waals surface area contributed by atoms with Crippen molar-refractivity contribution in [3.63, 3.8) is 0 Å². The molecule has 0 heterocycles. The maximum absolute atomic E-state index is 12.4. The molecule has 0 fully saturated rings. The number of carbonyl (C=O) groups is 3. The topological polar surface area (TPSA) is 90.5 Å². The van der Waals surface area contributed by atoms with Gasteiger partial charge in [-0.05, 0) is 55.8 Å². The van der Waals surface area contributed by atoms with Gasteiger partial charge in [-0.25, -0.2) is 0 Å². The fraction of sp³-hybridized carbons (Fsp3) is 0.318. The van der Waals surface area contributed by atoms with Gasteiger partial charge in [0.25, 0.3) is 0 Å². The molecule has 0 spiro atoms. The third kappa shape index (κ3) is 7.04. The lowest BCUT2D eigenvalue weighted by molar-refractivity contribution is -0.120. The van der Waals surface area contributed by atoms with Crippen LogP contribution in [0.5, 0.6) is 0 Å². The summed E-state index contributed by atoms with van der Waals surface area (Å²) in [4.78, 5) is 37.6. The Hall–Kier alpha value is -3.19. The highest BCUT2D eigenvalue weighted by atomic mass is 16.2. The monoisotopic (exact) mass is 396 g/mol. The Bertz CT molecular complexity index is 858. The molecule has 2 aromatic carbocycles. The predicted molar refractivity (Wildman–Crippen MR) is 116 cm³/mol. The van der Waals surface area contributed by atoms with Crippen molar-refractivity contribution in [1.29, 1.82) is 0 Å². The zero-order chi connectivity index (χ0) is 21.4. The van der Waals surface area contributed by atoms with Crippen molar-refractivity contribution in [2.45, 2.75) is 27.7 Å². The summed E-state index contributed by atoms with van der Waals surface area (Å²) in [5, 5.41) is 8.42. The van der Waals surface area contributed by atoms with Gasteiger partial charge in [0.1, 0.15) is 0 Å². The van der Waals surface area contributed by atoms with E-state index >= 15 is 0 Å². The number of aryl methyl sites for hydroxylation is 2.